The highest BCUT2D eigenvalue weighted by Gasteiger charge is 2.21. The van der Waals surface area contributed by atoms with Gasteiger partial charge in [0, 0.05) is 18.8 Å². The number of anilines is 1. The number of hydrogen-bond acceptors (Lipinski definition) is 5. The van der Waals surface area contributed by atoms with Crippen LogP contribution in [0.4, 0.5) is 5.69 Å². The molecule has 7 heteroatoms. The third kappa shape index (κ3) is 6.40. The summed E-state index contributed by atoms with van der Waals surface area (Å²) in [6.45, 7) is 8.71. The lowest BCUT2D eigenvalue weighted by molar-refractivity contribution is -0.141. The van der Waals surface area contributed by atoms with Crippen LogP contribution in [0.1, 0.15) is 24.0 Å². The van der Waals surface area contributed by atoms with Crippen molar-refractivity contribution in [1.29, 1.82) is 0 Å². The van der Waals surface area contributed by atoms with Crippen molar-refractivity contribution < 1.29 is 19.4 Å². The maximum absolute atomic E-state index is 12.2. The number of nitrogens with one attached hydrogen (secondary N) is 2. The lowest BCUT2D eigenvalue weighted by Crippen LogP contribution is -2.42. The number of carbonyl (C=O) groups is 2. The lowest BCUT2D eigenvalue weighted by atomic mass is 10.1. The van der Waals surface area contributed by atoms with E-state index in [1.807, 2.05) is 32.0 Å². The standard InChI is InChI=1S/C19H29N3O4/c1-14-5-3-6-16(15(14)2)21-18(23)13-17(19(24)25)20-7-4-8-22-9-11-26-12-10-22/h3,5-6,17,20H,4,7-13H2,1-2H3,(H,21,23)(H,24,25)/t17-/m1/s1. The number of ether oxygens (including phenoxy) is 1. The molecule has 1 amide bonds. The van der Waals surface area contributed by atoms with E-state index in [0.717, 1.165) is 56.1 Å². The van der Waals surface area contributed by atoms with E-state index in [-0.39, 0.29) is 12.3 Å². The molecule has 0 aromatic heterocycles. The Labute approximate surface area is 154 Å². The van der Waals surface area contributed by atoms with Gasteiger partial charge >= 0.3 is 5.97 Å². The smallest absolute Gasteiger partial charge is 0.321 e. The third-order valence-electron chi connectivity index (χ3n) is 4.71. The highest BCUT2D eigenvalue weighted by atomic mass is 16.5. The minimum atomic E-state index is -1.01. The van der Waals surface area contributed by atoms with Gasteiger partial charge in [-0.3, -0.25) is 14.5 Å². The Morgan fingerprint density at radius 3 is 2.69 bits per heavy atom. The third-order valence-corrected chi connectivity index (χ3v) is 4.71. The first kappa shape index (κ1) is 20.4. The second kappa shape index (κ2) is 10.3. The van der Waals surface area contributed by atoms with Crippen LogP contribution in [-0.2, 0) is 14.3 Å². The topological polar surface area (TPSA) is 90.9 Å². The molecule has 0 bridgehead atoms. The van der Waals surface area contributed by atoms with E-state index in [1.165, 1.54) is 0 Å². The maximum atomic E-state index is 12.2. The van der Waals surface area contributed by atoms with E-state index in [4.69, 9.17) is 4.74 Å². The average molecular weight is 363 g/mol. The van der Waals surface area contributed by atoms with Gasteiger partial charge in [-0.2, -0.15) is 0 Å². The van der Waals surface area contributed by atoms with Crippen molar-refractivity contribution >= 4 is 17.6 Å². The summed E-state index contributed by atoms with van der Waals surface area (Å²) in [5.41, 5.74) is 2.80. The molecule has 0 radical (unpaired) electrons. The normalized spacial score (nSPS) is 16.2. The number of amides is 1. The van der Waals surface area contributed by atoms with Crippen LogP contribution in [0.15, 0.2) is 18.2 Å². The highest BCUT2D eigenvalue weighted by Crippen LogP contribution is 2.18. The first-order valence-electron chi connectivity index (χ1n) is 9.09. The highest BCUT2D eigenvalue weighted by molar-refractivity contribution is 5.94. The van der Waals surface area contributed by atoms with Crippen molar-refractivity contribution in [3.63, 3.8) is 0 Å². The Hall–Kier alpha value is -1.96. The second-order valence-corrected chi connectivity index (χ2v) is 6.65. The van der Waals surface area contributed by atoms with Crippen LogP contribution in [0.3, 0.4) is 0 Å². The van der Waals surface area contributed by atoms with E-state index in [2.05, 4.69) is 15.5 Å². The minimum absolute atomic E-state index is 0.0970. The molecule has 1 aromatic rings. The van der Waals surface area contributed by atoms with Crippen LogP contribution in [-0.4, -0.2) is 67.3 Å². The van der Waals surface area contributed by atoms with Crippen LogP contribution in [0.25, 0.3) is 0 Å². The SMILES string of the molecule is Cc1cccc(NC(=O)C[C@@H](NCCCN2CCOCC2)C(=O)O)c1C. The predicted octanol–water partition coefficient (Wildman–Crippen LogP) is 1.40. The van der Waals surface area contributed by atoms with E-state index in [9.17, 15) is 14.7 Å². The summed E-state index contributed by atoms with van der Waals surface area (Å²) in [5, 5.41) is 15.2. The van der Waals surface area contributed by atoms with Crippen LogP contribution in [0.5, 0.6) is 0 Å². The molecule has 1 saturated heterocycles. The van der Waals surface area contributed by atoms with Gasteiger partial charge < -0.3 is 20.5 Å². The van der Waals surface area contributed by atoms with Gasteiger partial charge in [0.2, 0.25) is 5.91 Å². The van der Waals surface area contributed by atoms with E-state index in [0.29, 0.717) is 6.54 Å². The predicted molar refractivity (Wildman–Crippen MR) is 100 cm³/mol. The van der Waals surface area contributed by atoms with E-state index >= 15 is 0 Å². The Morgan fingerprint density at radius 2 is 2.00 bits per heavy atom. The van der Waals surface area contributed by atoms with Gasteiger partial charge in [0.1, 0.15) is 6.04 Å². The molecule has 7 nitrogen and oxygen atoms in total. The van der Waals surface area contributed by atoms with Crippen LogP contribution in [0, 0.1) is 13.8 Å². The van der Waals surface area contributed by atoms with E-state index in [1.54, 1.807) is 0 Å². The molecule has 1 fully saturated rings. The fourth-order valence-corrected chi connectivity index (χ4v) is 2.92. The van der Waals surface area contributed by atoms with Crippen molar-refractivity contribution in [3.05, 3.63) is 29.3 Å². The Balaban J connectivity index is 1.76. The van der Waals surface area contributed by atoms with Crippen molar-refractivity contribution in [1.82, 2.24) is 10.2 Å². The number of carbonyl (C=O) groups excluding carboxylic acids is 1. The Morgan fingerprint density at radius 1 is 1.27 bits per heavy atom. The van der Waals surface area contributed by atoms with Crippen molar-refractivity contribution in [2.45, 2.75) is 32.7 Å². The summed E-state index contributed by atoms with van der Waals surface area (Å²) < 4.78 is 5.30. The molecule has 0 aliphatic carbocycles. The molecule has 1 aromatic carbocycles. The zero-order valence-corrected chi connectivity index (χ0v) is 15.6. The first-order chi connectivity index (χ1) is 12.5. The zero-order valence-electron chi connectivity index (χ0n) is 15.6. The molecule has 26 heavy (non-hydrogen) atoms. The molecule has 144 valence electrons. The molecule has 1 atom stereocenters. The van der Waals surface area contributed by atoms with Crippen LogP contribution < -0.4 is 10.6 Å². The van der Waals surface area contributed by atoms with Gasteiger partial charge in [-0.1, -0.05) is 12.1 Å². The Bertz CT molecular complexity index is 615. The number of aliphatic carboxylic acids is 1. The van der Waals surface area contributed by atoms with Crippen LogP contribution in [0.2, 0.25) is 0 Å². The number of benzene rings is 1. The number of hydrogen-bond donors (Lipinski definition) is 3. The van der Waals surface area contributed by atoms with Gasteiger partial charge in [-0.15, -0.1) is 0 Å². The second-order valence-electron chi connectivity index (χ2n) is 6.65. The van der Waals surface area contributed by atoms with E-state index < -0.39 is 12.0 Å². The minimum Gasteiger partial charge on any atom is -0.480 e. The number of morpholine rings is 1. The molecule has 1 aliphatic heterocycles. The number of aryl methyl sites for hydroxylation is 1. The summed E-state index contributed by atoms with van der Waals surface area (Å²) in [4.78, 5) is 26.0. The molecule has 3 N–H and O–H groups in total. The quantitative estimate of drug-likeness (QED) is 0.575. The van der Waals surface area contributed by atoms with Crippen LogP contribution >= 0.6 is 0 Å². The van der Waals surface area contributed by atoms with Crippen molar-refractivity contribution in [2.24, 2.45) is 0 Å². The number of carboxylic acid groups (broad SMARTS) is 1. The molecule has 0 saturated carbocycles. The Kier molecular flexibility index (Phi) is 8.03. The largest absolute Gasteiger partial charge is 0.480 e. The number of carboxylic acids is 1. The fourth-order valence-electron chi connectivity index (χ4n) is 2.92. The van der Waals surface area contributed by atoms with Gasteiger partial charge in [0.25, 0.3) is 0 Å². The van der Waals surface area contributed by atoms with Gasteiger partial charge in [0.05, 0.1) is 19.6 Å². The number of nitrogens with zero attached hydrogens (tertiary/aromatic N) is 1. The summed E-state index contributed by atoms with van der Waals surface area (Å²) in [5.74, 6) is -1.31. The summed E-state index contributed by atoms with van der Waals surface area (Å²) in [6, 6.07) is 4.79. The molecule has 1 aliphatic rings. The molecular weight excluding hydrogens is 334 g/mol. The molecule has 1 heterocycles. The molecule has 2 rings (SSSR count). The molecule has 0 spiro atoms. The summed E-state index contributed by atoms with van der Waals surface area (Å²) in [7, 11) is 0. The lowest BCUT2D eigenvalue weighted by Gasteiger charge is -2.26. The van der Waals surface area contributed by atoms with Gasteiger partial charge in [-0.25, -0.2) is 0 Å². The monoisotopic (exact) mass is 363 g/mol. The van der Waals surface area contributed by atoms with Crippen molar-refractivity contribution in [2.75, 3.05) is 44.7 Å². The van der Waals surface area contributed by atoms with Crippen molar-refractivity contribution in [3.8, 4) is 0 Å². The summed E-state index contributed by atoms with van der Waals surface area (Å²) in [6.07, 6.45) is 0.739. The average Bonchev–Trinajstić information content (AvgIpc) is 2.62. The first-order valence-corrected chi connectivity index (χ1v) is 9.09. The van der Waals surface area contributed by atoms with Gasteiger partial charge in [0.15, 0.2) is 0 Å². The molecule has 0 unspecified atom stereocenters. The summed E-state index contributed by atoms with van der Waals surface area (Å²) >= 11 is 0. The molecular formula is C19H29N3O4. The van der Waals surface area contributed by atoms with Gasteiger partial charge in [-0.05, 0) is 50.6 Å². The maximum Gasteiger partial charge on any atom is 0.321 e. The zero-order chi connectivity index (χ0) is 18.9. The number of rotatable bonds is 9. The fraction of sp³-hybridized carbons (Fsp3) is 0.579.